The third-order valence-corrected chi connectivity index (χ3v) is 3.57. The molecule has 0 spiro atoms. The third-order valence-electron chi connectivity index (χ3n) is 2.11. The molecular weight excluding hydrogens is 264 g/mol. The van der Waals surface area contributed by atoms with Crippen LogP contribution in [0.25, 0.3) is 0 Å². The lowest BCUT2D eigenvalue weighted by atomic mass is 10.2. The molecular formula is C10H17ClN2O3S. The highest BCUT2D eigenvalue weighted by Gasteiger charge is 2.14. The first-order chi connectivity index (χ1) is 7.51. The van der Waals surface area contributed by atoms with Crippen molar-refractivity contribution >= 4 is 22.4 Å². The highest BCUT2D eigenvalue weighted by atomic mass is 35.5. The summed E-state index contributed by atoms with van der Waals surface area (Å²) >= 11 is 0. The molecule has 0 aliphatic heterocycles. The highest BCUT2D eigenvalue weighted by Crippen LogP contribution is 2.20. The first-order valence-electron chi connectivity index (χ1n) is 4.85. The van der Waals surface area contributed by atoms with Gasteiger partial charge in [-0.3, -0.25) is 0 Å². The molecule has 3 N–H and O–H groups in total. The van der Waals surface area contributed by atoms with Crippen molar-refractivity contribution in [2.24, 2.45) is 5.73 Å². The SMILES string of the molecule is COc1ccc(S(=O)(=O)NCCN)cc1C.Cl. The van der Waals surface area contributed by atoms with Gasteiger partial charge in [-0.05, 0) is 30.7 Å². The van der Waals surface area contributed by atoms with E-state index in [1.54, 1.807) is 26.2 Å². The molecule has 0 aliphatic rings. The van der Waals surface area contributed by atoms with E-state index in [-0.39, 0.29) is 30.4 Å². The number of nitrogens with one attached hydrogen (secondary N) is 1. The molecule has 0 bridgehead atoms. The van der Waals surface area contributed by atoms with Crippen molar-refractivity contribution in [2.45, 2.75) is 11.8 Å². The third kappa shape index (κ3) is 4.16. The second-order valence-electron chi connectivity index (χ2n) is 3.32. The Morgan fingerprint density at radius 1 is 1.41 bits per heavy atom. The van der Waals surface area contributed by atoms with Gasteiger partial charge in [-0.1, -0.05) is 0 Å². The van der Waals surface area contributed by atoms with E-state index in [0.717, 1.165) is 5.56 Å². The largest absolute Gasteiger partial charge is 0.496 e. The van der Waals surface area contributed by atoms with E-state index in [1.807, 2.05) is 0 Å². The van der Waals surface area contributed by atoms with Gasteiger partial charge in [0, 0.05) is 13.1 Å². The molecule has 0 unspecified atom stereocenters. The number of aryl methyl sites for hydroxylation is 1. The zero-order valence-electron chi connectivity index (χ0n) is 9.76. The van der Waals surface area contributed by atoms with Crippen molar-refractivity contribution in [2.75, 3.05) is 20.2 Å². The van der Waals surface area contributed by atoms with Crippen molar-refractivity contribution in [3.63, 3.8) is 0 Å². The van der Waals surface area contributed by atoms with Crippen LogP contribution < -0.4 is 15.2 Å². The molecule has 0 atom stereocenters. The van der Waals surface area contributed by atoms with Crippen LogP contribution in [0.4, 0.5) is 0 Å². The number of methoxy groups -OCH3 is 1. The number of hydrogen-bond acceptors (Lipinski definition) is 4. The molecule has 98 valence electrons. The Balaban J connectivity index is 0.00000256. The van der Waals surface area contributed by atoms with Crippen LogP contribution in [0.3, 0.4) is 0 Å². The Morgan fingerprint density at radius 2 is 2.06 bits per heavy atom. The van der Waals surface area contributed by atoms with Gasteiger partial charge in [-0.2, -0.15) is 0 Å². The van der Waals surface area contributed by atoms with E-state index >= 15 is 0 Å². The van der Waals surface area contributed by atoms with Crippen LogP contribution in [0.5, 0.6) is 5.75 Å². The molecule has 0 aliphatic carbocycles. The highest BCUT2D eigenvalue weighted by molar-refractivity contribution is 7.89. The average molecular weight is 281 g/mol. The van der Waals surface area contributed by atoms with Gasteiger partial charge < -0.3 is 10.5 Å². The molecule has 1 rings (SSSR count). The van der Waals surface area contributed by atoms with Crippen molar-refractivity contribution in [1.82, 2.24) is 4.72 Å². The summed E-state index contributed by atoms with van der Waals surface area (Å²) in [5.41, 5.74) is 6.02. The minimum atomic E-state index is -3.46. The Kier molecular flexibility index (Phi) is 6.48. The summed E-state index contributed by atoms with van der Waals surface area (Å²) in [5.74, 6) is 0.665. The van der Waals surface area contributed by atoms with E-state index < -0.39 is 10.0 Å². The van der Waals surface area contributed by atoms with Crippen LogP contribution in [0.15, 0.2) is 23.1 Å². The Hall–Kier alpha value is -0.820. The quantitative estimate of drug-likeness (QED) is 0.830. The fraction of sp³-hybridized carbons (Fsp3) is 0.400. The fourth-order valence-electron chi connectivity index (χ4n) is 1.29. The van der Waals surface area contributed by atoms with Gasteiger partial charge in [-0.25, -0.2) is 13.1 Å². The van der Waals surface area contributed by atoms with E-state index in [4.69, 9.17) is 10.5 Å². The fourth-order valence-corrected chi connectivity index (χ4v) is 2.43. The second-order valence-corrected chi connectivity index (χ2v) is 5.08. The zero-order chi connectivity index (χ0) is 12.2. The van der Waals surface area contributed by atoms with Crippen LogP contribution in [-0.4, -0.2) is 28.6 Å². The standard InChI is InChI=1S/C10H16N2O3S.ClH/c1-8-7-9(3-4-10(8)15-2)16(13,14)12-6-5-11;/h3-4,7,12H,5-6,11H2,1-2H3;1H. The first-order valence-corrected chi connectivity index (χ1v) is 6.34. The van der Waals surface area contributed by atoms with Crippen molar-refractivity contribution in [3.8, 4) is 5.75 Å². The van der Waals surface area contributed by atoms with Gasteiger partial charge in [0.25, 0.3) is 0 Å². The van der Waals surface area contributed by atoms with Crippen LogP contribution in [0, 0.1) is 6.92 Å². The summed E-state index contributed by atoms with van der Waals surface area (Å²) in [6.07, 6.45) is 0. The van der Waals surface area contributed by atoms with Gasteiger partial charge >= 0.3 is 0 Å². The van der Waals surface area contributed by atoms with E-state index in [2.05, 4.69) is 4.72 Å². The summed E-state index contributed by atoms with van der Waals surface area (Å²) in [6.45, 7) is 2.29. The maximum absolute atomic E-state index is 11.7. The molecule has 7 heteroatoms. The van der Waals surface area contributed by atoms with Crippen LogP contribution >= 0.6 is 12.4 Å². The Labute approximate surface area is 108 Å². The maximum atomic E-state index is 11.7. The number of hydrogen-bond donors (Lipinski definition) is 2. The number of ether oxygens (including phenoxy) is 1. The molecule has 0 radical (unpaired) electrons. The smallest absolute Gasteiger partial charge is 0.240 e. The topological polar surface area (TPSA) is 81.4 Å². The Morgan fingerprint density at radius 3 is 2.53 bits per heavy atom. The molecule has 17 heavy (non-hydrogen) atoms. The lowest BCUT2D eigenvalue weighted by Gasteiger charge is -2.08. The van der Waals surface area contributed by atoms with Gasteiger partial charge in [0.15, 0.2) is 0 Å². The van der Waals surface area contributed by atoms with E-state index in [9.17, 15) is 8.42 Å². The molecule has 1 aromatic carbocycles. The summed E-state index contributed by atoms with van der Waals surface area (Å²) in [6, 6.07) is 4.70. The van der Waals surface area contributed by atoms with E-state index in [0.29, 0.717) is 5.75 Å². The van der Waals surface area contributed by atoms with Crippen LogP contribution in [0.1, 0.15) is 5.56 Å². The van der Waals surface area contributed by atoms with Gasteiger partial charge in [-0.15, -0.1) is 12.4 Å². The summed E-state index contributed by atoms with van der Waals surface area (Å²) in [4.78, 5) is 0.222. The summed E-state index contributed by atoms with van der Waals surface area (Å²) in [7, 11) is -1.91. The summed E-state index contributed by atoms with van der Waals surface area (Å²) < 4.78 is 30.9. The zero-order valence-corrected chi connectivity index (χ0v) is 11.4. The first kappa shape index (κ1) is 16.2. The predicted molar refractivity (Wildman–Crippen MR) is 69.2 cm³/mol. The van der Waals surface area contributed by atoms with Gasteiger partial charge in [0.2, 0.25) is 10.0 Å². The average Bonchev–Trinajstić information content (AvgIpc) is 2.26. The molecule has 1 aromatic rings. The molecule has 0 aromatic heterocycles. The van der Waals surface area contributed by atoms with Gasteiger partial charge in [0.05, 0.1) is 12.0 Å². The Bertz CT molecular complexity index is 463. The number of sulfonamides is 1. The lowest BCUT2D eigenvalue weighted by Crippen LogP contribution is -2.29. The normalized spacial score (nSPS) is 10.8. The lowest BCUT2D eigenvalue weighted by molar-refractivity contribution is 0.411. The second kappa shape index (κ2) is 6.80. The molecule has 0 amide bonds. The minimum Gasteiger partial charge on any atom is -0.496 e. The van der Waals surface area contributed by atoms with Crippen molar-refractivity contribution in [3.05, 3.63) is 23.8 Å². The van der Waals surface area contributed by atoms with E-state index in [1.165, 1.54) is 6.07 Å². The number of benzene rings is 1. The molecule has 5 nitrogen and oxygen atoms in total. The number of halogens is 1. The molecule has 0 fully saturated rings. The van der Waals surface area contributed by atoms with Gasteiger partial charge in [0.1, 0.15) is 5.75 Å². The predicted octanol–water partition coefficient (Wildman–Crippen LogP) is 0.662. The molecule has 0 saturated heterocycles. The van der Waals surface area contributed by atoms with Crippen LogP contribution in [-0.2, 0) is 10.0 Å². The van der Waals surface area contributed by atoms with Crippen molar-refractivity contribution in [1.29, 1.82) is 0 Å². The monoisotopic (exact) mass is 280 g/mol. The summed E-state index contributed by atoms with van der Waals surface area (Å²) in [5, 5.41) is 0. The number of rotatable bonds is 5. The minimum absolute atomic E-state index is 0. The van der Waals surface area contributed by atoms with Crippen LogP contribution in [0.2, 0.25) is 0 Å². The number of nitrogens with two attached hydrogens (primary N) is 1. The van der Waals surface area contributed by atoms with Crippen molar-refractivity contribution < 1.29 is 13.2 Å². The molecule has 0 saturated carbocycles. The maximum Gasteiger partial charge on any atom is 0.240 e. The molecule has 0 heterocycles.